The number of halogens is 2. The highest BCUT2D eigenvalue weighted by atomic mass is 35.5. The molecule has 0 heterocycles. The molecule has 0 aromatic heterocycles. The first kappa shape index (κ1) is 23.5. The molecule has 0 unspecified atom stereocenters. The zero-order valence-electron chi connectivity index (χ0n) is 14.0. The Balaban J connectivity index is 0. The first-order valence-electron chi connectivity index (χ1n) is 6.26. The molecule has 11 heteroatoms. The van der Waals surface area contributed by atoms with Crippen LogP contribution in [0.1, 0.15) is 6.92 Å². The van der Waals surface area contributed by atoms with Crippen LogP contribution in [-0.2, 0) is 9.53 Å². The fourth-order valence-corrected chi connectivity index (χ4v) is 1.17. The van der Waals surface area contributed by atoms with Gasteiger partial charge < -0.3 is 19.4 Å². The summed E-state index contributed by atoms with van der Waals surface area (Å²) in [7, 11) is 7.37. The van der Waals surface area contributed by atoms with Crippen LogP contribution < -0.4 is 0 Å². The van der Waals surface area contributed by atoms with Crippen LogP contribution in [-0.4, -0.2) is 91.0 Å². The van der Waals surface area contributed by atoms with E-state index in [1.807, 2.05) is 0 Å². The SMILES string of the molecule is CC(=O)N(C)CN(C)C(=O)Cl.COC(=O)N(C)CN(C)C(=O)Cl. The van der Waals surface area contributed by atoms with E-state index in [2.05, 4.69) is 4.74 Å². The maximum Gasteiger partial charge on any atom is 0.410 e. The third kappa shape index (κ3) is 11.5. The molecule has 0 aliphatic heterocycles. The number of ether oxygens (including phenoxy) is 1. The molecule has 0 aliphatic carbocycles. The van der Waals surface area contributed by atoms with E-state index >= 15 is 0 Å². The Morgan fingerprint density at radius 1 is 0.783 bits per heavy atom. The molecule has 0 saturated carbocycles. The van der Waals surface area contributed by atoms with E-state index in [-0.39, 0.29) is 19.2 Å². The van der Waals surface area contributed by atoms with Gasteiger partial charge in [-0.2, -0.15) is 0 Å². The number of hydrogen-bond acceptors (Lipinski definition) is 5. The Morgan fingerprint density at radius 2 is 1.13 bits per heavy atom. The highest BCUT2D eigenvalue weighted by Crippen LogP contribution is 1.96. The van der Waals surface area contributed by atoms with E-state index in [1.54, 1.807) is 7.05 Å². The van der Waals surface area contributed by atoms with Gasteiger partial charge in [-0.3, -0.25) is 19.3 Å². The summed E-state index contributed by atoms with van der Waals surface area (Å²) < 4.78 is 4.40. The lowest BCUT2D eigenvalue weighted by Crippen LogP contribution is -2.38. The van der Waals surface area contributed by atoms with Crippen LogP contribution >= 0.6 is 23.2 Å². The van der Waals surface area contributed by atoms with Crippen molar-refractivity contribution in [2.45, 2.75) is 6.92 Å². The largest absolute Gasteiger partial charge is 0.453 e. The van der Waals surface area contributed by atoms with Crippen LogP contribution in [0.2, 0.25) is 0 Å². The predicted molar refractivity (Wildman–Crippen MR) is 86.4 cm³/mol. The van der Waals surface area contributed by atoms with E-state index in [1.165, 1.54) is 54.8 Å². The summed E-state index contributed by atoms with van der Waals surface area (Å²) >= 11 is 10.3. The number of nitrogens with zero attached hydrogens (tertiary/aromatic N) is 4. The van der Waals surface area contributed by atoms with Crippen LogP contribution in [0.4, 0.5) is 14.4 Å². The first-order chi connectivity index (χ1) is 10.4. The minimum Gasteiger partial charge on any atom is -0.453 e. The first-order valence-corrected chi connectivity index (χ1v) is 7.01. The number of amides is 4. The molecule has 0 saturated heterocycles. The standard InChI is InChI=1S/C6H11ClN2O3.C6H11ClN2O2/c1-8(5(7)10)4-9(2)6(11)12-3;1-5(10)8(2)4-9(3)6(7)11/h4H2,1-3H3;4H2,1-3H3. The third-order valence-corrected chi connectivity index (χ3v) is 3.05. The molecule has 0 aliphatic rings. The summed E-state index contributed by atoms with van der Waals surface area (Å²) in [6, 6.07) is 0. The number of rotatable bonds is 4. The van der Waals surface area contributed by atoms with Crippen LogP contribution in [0.15, 0.2) is 0 Å². The molecule has 0 N–H and O–H groups in total. The third-order valence-electron chi connectivity index (χ3n) is 2.47. The van der Waals surface area contributed by atoms with Crippen LogP contribution in [0.5, 0.6) is 0 Å². The minimum absolute atomic E-state index is 0.102. The van der Waals surface area contributed by atoms with Crippen LogP contribution in [0.25, 0.3) is 0 Å². The minimum atomic E-state index is -0.620. The summed E-state index contributed by atoms with van der Waals surface area (Å²) in [6.45, 7) is 1.75. The van der Waals surface area contributed by atoms with Gasteiger partial charge in [0.2, 0.25) is 5.91 Å². The summed E-state index contributed by atoms with van der Waals surface area (Å²) in [5, 5.41) is -1.19. The average Bonchev–Trinajstić information content (AvgIpc) is 2.46. The van der Waals surface area contributed by atoms with Crippen molar-refractivity contribution in [3.63, 3.8) is 0 Å². The van der Waals surface area contributed by atoms with E-state index in [9.17, 15) is 19.2 Å². The van der Waals surface area contributed by atoms with Crippen LogP contribution in [0, 0.1) is 0 Å². The lowest BCUT2D eigenvalue weighted by atomic mass is 10.6. The van der Waals surface area contributed by atoms with E-state index in [0.29, 0.717) is 0 Å². The number of methoxy groups -OCH3 is 1. The van der Waals surface area contributed by atoms with E-state index in [4.69, 9.17) is 23.2 Å². The second-order valence-electron chi connectivity index (χ2n) is 4.57. The number of hydrogen-bond donors (Lipinski definition) is 0. The molecule has 23 heavy (non-hydrogen) atoms. The molecule has 0 aromatic rings. The van der Waals surface area contributed by atoms with Gasteiger partial charge in [-0.25, -0.2) is 4.79 Å². The molecule has 0 atom stereocenters. The second-order valence-corrected chi connectivity index (χ2v) is 5.22. The number of carbonyl (C=O) groups is 4. The van der Waals surface area contributed by atoms with Gasteiger partial charge in [-0.15, -0.1) is 0 Å². The summed E-state index contributed by atoms with van der Waals surface area (Å²) in [6.07, 6.45) is -0.514. The quantitative estimate of drug-likeness (QED) is 0.425. The van der Waals surface area contributed by atoms with Crippen molar-refractivity contribution in [1.82, 2.24) is 19.6 Å². The predicted octanol–water partition coefficient (Wildman–Crippen LogP) is 1.65. The number of carbonyl (C=O) groups excluding carboxylic acids is 4. The van der Waals surface area contributed by atoms with Crippen molar-refractivity contribution in [2.75, 3.05) is 48.6 Å². The summed E-state index contributed by atoms with van der Waals surface area (Å²) in [5.41, 5.74) is 0. The molecule has 0 bridgehead atoms. The van der Waals surface area contributed by atoms with Gasteiger partial charge in [0.05, 0.1) is 20.4 Å². The molecule has 4 amide bonds. The van der Waals surface area contributed by atoms with Gasteiger partial charge >= 0.3 is 16.8 Å². The molecule has 0 rings (SSSR count). The Morgan fingerprint density at radius 3 is 1.39 bits per heavy atom. The normalized spacial score (nSPS) is 9.04. The Hall–Kier alpha value is -1.74. The summed E-state index contributed by atoms with van der Waals surface area (Å²) in [5.74, 6) is -0.102. The molecule has 134 valence electrons. The molecular weight excluding hydrogens is 351 g/mol. The molecule has 0 fully saturated rings. The average molecular weight is 373 g/mol. The van der Waals surface area contributed by atoms with Crippen molar-refractivity contribution in [3.8, 4) is 0 Å². The Labute approximate surface area is 145 Å². The second kappa shape index (κ2) is 11.8. The lowest BCUT2D eigenvalue weighted by molar-refractivity contribution is -0.128. The monoisotopic (exact) mass is 372 g/mol. The van der Waals surface area contributed by atoms with E-state index < -0.39 is 16.8 Å². The lowest BCUT2D eigenvalue weighted by Gasteiger charge is -2.21. The maximum absolute atomic E-state index is 10.8. The highest BCUT2D eigenvalue weighted by molar-refractivity contribution is 6.63. The van der Waals surface area contributed by atoms with E-state index in [0.717, 1.165) is 0 Å². The highest BCUT2D eigenvalue weighted by Gasteiger charge is 2.12. The van der Waals surface area contributed by atoms with Crippen molar-refractivity contribution < 1.29 is 23.9 Å². The Bertz CT molecular complexity index is 418. The molecule has 0 radical (unpaired) electrons. The van der Waals surface area contributed by atoms with Gasteiger partial charge in [0.1, 0.15) is 0 Å². The fraction of sp³-hybridized carbons (Fsp3) is 0.667. The summed E-state index contributed by atoms with van der Waals surface area (Å²) in [4.78, 5) is 47.4. The maximum atomic E-state index is 10.8. The zero-order chi connectivity index (χ0) is 18.7. The van der Waals surface area contributed by atoms with Gasteiger partial charge in [0.15, 0.2) is 0 Å². The smallest absolute Gasteiger partial charge is 0.410 e. The zero-order valence-corrected chi connectivity index (χ0v) is 15.5. The molecule has 0 spiro atoms. The topological polar surface area (TPSA) is 90.5 Å². The van der Waals surface area contributed by atoms with Crippen LogP contribution in [0.3, 0.4) is 0 Å². The van der Waals surface area contributed by atoms with Crippen molar-refractivity contribution in [3.05, 3.63) is 0 Å². The van der Waals surface area contributed by atoms with Crippen molar-refractivity contribution in [2.24, 2.45) is 0 Å². The van der Waals surface area contributed by atoms with Gasteiger partial charge in [0, 0.05) is 35.1 Å². The van der Waals surface area contributed by atoms with Gasteiger partial charge in [0.25, 0.3) is 0 Å². The van der Waals surface area contributed by atoms with Crippen molar-refractivity contribution in [1.29, 1.82) is 0 Å². The molecule has 9 nitrogen and oxygen atoms in total. The Kier molecular flexibility index (Phi) is 12.0. The van der Waals surface area contributed by atoms with Gasteiger partial charge in [-0.1, -0.05) is 0 Å². The van der Waals surface area contributed by atoms with Crippen molar-refractivity contribution >= 4 is 45.9 Å². The van der Waals surface area contributed by atoms with Gasteiger partial charge in [-0.05, 0) is 23.2 Å². The molecule has 0 aromatic carbocycles. The molecular formula is C12H22Cl2N4O5. The fourth-order valence-electron chi connectivity index (χ4n) is 1.06.